The largest absolute Gasteiger partial charge is 0.393 e. The summed E-state index contributed by atoms with van der Waals surface area (Å²) in [6, 6.07) is 0. The van der Waals surface area contributed by atoms with E-state index in [4.69, 9.17) is 0 Å². The van der Waals surface area contributed by atoms with E-state index >= 15 is 0 Å². The summed E-state index contributed by atoms with van der Waals surface area (Å²) in [6.45, 7) is 9.80. The lowest BCUT2D eigenvalue weighted by atomic mass is 9.95. The van der Waals surface area contributed by atoms with Crippen molar-refractivity contribution in [1.29, 1.82) is 0 Å². The Kier molecular flexibility index (Phi) is 5.90. The average molecular weight is 212 g/mol. The van der Waals surface area contributed by atoms with Gasteiger partial charge in [-0.1, -0.05) is 25.5 Å². The van der Waals surface area contributed by atoms with Crippen LogP contribution in [0.4, 0.5) is 0 Å². The fourth-order valence-corrected chi connectivity index (χ4v) is 1.16. The van der Waals surface area contributed by atoms with Crippen molar-refractivity contribution in [3.8, 4) is 0 Å². The van der Waals surface area contributed by atoms with E-state index in [0.29, 0.717) is 6.42 Å². The molecule has 1 fully saturated rings. The van der Waals surface area contributed by atoms with Gasteiger partial charge in [0.2, 0.25) is 0 Å². The maximum absolute atomic E-state index is 10.8. The lowest BCUT2D eigenvalue weighted by Gasteiger charge is -2.02. The number of carbonyl (C=O) groups excluding carboxylic acids is 2. The lowest BCUT2D eigenvalue weighted by molar-refractivity contribution is -0.153. The third-order valence-corrected chi connectivity index (χ3v) is 2.50. The molecule has 0 aliphatic carbocycles. The molecule has 1 saturated heterocycles. The topological polar surface area (TPSA) is 43.4 Å². The summed E-state index contributed by atoms with van der Waals surface area (Å²) >= 11 is 0. The maximum atomic E-state index is 10.8. The summed E-state index contributed by atoms with van der Waals surface area (Å²) in [7, 11) is 0. The molecule has 0 radical (unpaired) electrons. The summed E-state index contributed by atoms with van der Waals surface area (Å²) in [5.74, 6) is -1.18. The van der Waals surface area contributed by atoms with Crippen molar-refractivity contribution in [2.45, 2.75) is 41.0 Å². The van der Waals surface area contributed by atoms with Gasteiger partial charge in [-0.25, -0.2) is 0 Å². The van der Waals surface area contributed by atoms with Crippen molar-refractivity contribution in [2.75, 3.05) is 0 Å². The van der Waals surface area contributed by atoms with Crippen LogP contribution in [0, 0.1) is 11.8 Å². The number of esters is 2. The molecule has 0 N–H and O–H groups in total. The first-order valence-corrected chi connectivity index (χ1v) is 5.29. The molecular weight excluding hydrogens is 192 g/mol. The summed E-state index contributed by atoms with van der Waals surface area (Å²) in [5.41, 5.74) is 1.38. The number of ether oxygens (including phenoxy) is 1. The molecule has 3 nitrogen and oxygen atoms in total. The summed E-state index contributed by atoms with van der Waals surface area (Å²) in [5, 5.41) is 0. The quantitative estimate of drug-likeness (QED) is 0.381. The number of hydrogen-bond donors (Lipinski definition) is 0. The standard InChI is InChI=1S/C7H10O3.C5H10/c1-3-5-4(2)6(8)10-7(5)9;1-4-5(2)3/h4-5H,3H2,1-2H3;4H,1-3H3. The highest BCUT2D eigenvalue weighted by atomic mass is 16.6. The van der Waals surface area contributed by atoms with E-state index < -0.39 is 0 Å². The number of cyclic esters (lactones) is 2. The third kappa shape index (κ3) is 4.28. The molecule has 0 spiro atoms. The molecule has 0 saturated carbocycles. The van der Waals surface area contributed by atoms with Crippen LogP contribution in [0.1, 0.15) is 41.0 Å². The Morgan fingerprint density at radius 1 is 1.33 bits per heavy atom. The monoisotopic (exact) mass is 212 g/mol. The molecule has 0 amide bonds. The van der Waals surface area contributed by atoms with Crippen LogP contribution < -0.4 is 0 Å². The second-order valence-electron chi connectivity index (χ2n) is 3.91. The number of hydrogen-bond acceptors (Lipinski definition) is 3. The van der Waals surface area contributed by atoms with Crippen LogP contribution in [0.25, 0.3) is 0 Å². The van der Waals surface area contributed by atoms with Gasteiger partial charge < -0.3 is 4.74 Å². The molecular formula is C12H20O3. The van der Waals surface area contributed by atoms with E-state index in [0.717, 1.165) is 0 Å². The Morgan fingerprint density at radius 3 is 1.93 bits per heavy atom. The second kappa shape index (κ2) is 6.38. The number of allylic oxidation sites excluding steroid dienone is 2. The van der Waals surface area contributed by atoms with E-state index in [1.165, 1.54) is 5.57 Å². The Balaban J connectivity index is 0.000000336. The lowest BCUT2D eigenvalue weighted by Crippen LogP contribution is -2.12. The van der Waals surface area contributed by atoms with Crippen LogP contribution in [0.5, 0.6) is 0 Å². The average Bonchev–Trinajstić information content (AvgIpc) is 2.42. The Bertz CT molecular complexity index is 262. The van der Waals surface area contributed by atoms with E-state index in [-0.39, 0.29) is 23.8 Å². The van der Waals surface area contributed by atoms with Gasteiger partial charge in [0.05, 0.1) is 11.8 Å². The minimum absolute atomic E-state index is 0.201. The van der Waals surface area contributed by atoms with E-state index in [1.807, 2.05) is 13.8 Å². The van der Waals surface area contributed by atoms with Gasteiger partial charge in [-0.2, -0.15) is 0 Å². The van der Waals surface area contributed by atoms with Crippen LogP contribution >= 0.6 is 0 Å². The van der Waals surface area contributed by atoms with Crippen LogP contribution in [-0.2, 0) is 14.3 Å². The number of rotatable bonds is 1. The zero-order valence-corrected chi connectivity index (χ0v) is 10.2. The van der Waals surface area contributed by atoms with E-state index in [1.54, 1.807) is 6.92 Å². The third-order valence-electron chi connectivity index (χ3n) is 2.50. The van der Waals surface area contributed by atoms with Crippen molar-refractivity contribution >= 4 is 11.9 Å². The Morgan fingerprint density at radius 2 is 1.80 bits per heavy atom. The molecule has 0 bridgehead atoms. The molecule has 1 aliphatic rings. The zero-order valence-electron chi connectivity index (χ0n) is 10.2. The van der Waals surface area contributed by atoms with Gasteiger partial charge in [0, 0.05) is 0 Å². The summed E-state index contributed by atoms with van der Waals surface area (Å²) < 4.78 is 4.40. The highest BCUT2D eigenvalue weighted by Crippen LogP contribution is 2.25. The molecule has 1 rings (SSSR count). The van der Waals surface area contributed by atoms with E-state index in [2.05, 4.69) is 24.7 Å². The van der Waals surface area contributed by atoms with Crippen molar-refractivity contribution < 1.29 is 14.3 Å². The zero-order chi connectivity index (χ0) is 12.0. The fourth-order valence-electron chi connectivity index (χ4n) is 1.16. The number of carbonyl (C=O) groups is 2. The normalized spacial score (nSPS) is 24.1. The minimum atomic E-state index is -0.378. The first-order valence-electron chi connectivity index (χ1n) is 5.29. The van der Waals surface area contributed by atoms with Crippen LogP contribution in [0.15, 0.2) is 11.6 Å². The van der Waals surface area contributed by atoms with Gasteiger partial charge in [0.15, 0.2) is 0 Å². The molecule has 0 aromatic carbocycles. The molecule has 1 aliphatic heterocycles. The van der Waals surface area contributed by atoms with Gasteiger partial charge in [-0.3, -0.25) is 9.59 Å². The molecule has 86 valence electrons. The van der Waals surface area contributed by atoms with Crippen molar-refractivity contribution in [3.63, 3.8) is 0 Å². The molecule has 3 heteroatoms. The minimum Gasteiger partial charge on any atom is -0.393 e. The van der Waals surface area contributed by atoms with Crippen LogP contribution in [-0.4, -0.2) is 11.9 Å². The summed E-state index contributed by atoms with van der Waals surface area (Å²) in [4.78, 5) is 21.5. The van der Waals surface area contributed by atoms with Crippen molar-refractivity contribution in [2.24, 2.45) is 11.8 Å². The first kappa shape index (κ1) is 13.9. The predicted octanol–water partition coefficient (Wildman–Crippen LogP) is 2.70. The molecule has 15 heavy (non-hydrogen) atoms. The summed E-state index contributed by atoms with van der Waals surface area (Å²) in [6.07, 6.45) is 2.77. The van der Waals surface area contributed by atoms with Crippen molar-refractivity contribution in [1.82, 2.24) is 0 Å². The van der Waals surface area contributed by atoms with Gasteiger partial charge in [-0.15, -0.1) is 0 Å². The van der Waals surface area contributed by atoms with Crippen LogP contribution in [0.2, 0.25) is 0 Å². The maximum Gasteiger partial charge on any atom is 0.317 e. The Labute approximate surface area is 91.5 Å². The van der Waals surface area contributed by atoms with Gasteiger partial charge in [0.1, 0.15) is 0 Å². The first-order chi connectivity index (χ1) is 6.93. The molecule has 0 aromatic heterocycles. The highest BCUT2D eigenvalue weighted by molar-refractivity contribution is 5.96. The second-order valence-corrected chi connectivity index (χ2v) is 3.91. The fraction of sp³-hybridized carbons (Fsp3) is 0.667. The molecule has 2 atom stereocenters. The van der Waals surface area contributed by atoms with Crippen molar-refractivity contribution in [3.05, 3.63) is 11.6 Å². The smallest absolute Gasteiger partial charge is 0.317 e. The van der Waals surface area contributed by atoms with E-state index in [9.17, 15) is 9.59 Å². The Hall–Kier alpha value is -1.12. The van der Waals surface area contributed by atoms with Gasteiger partial charge in [0.25, 0.3) is 0 Å². The molecule has 1 heterocycles. The highest BCUT2D eigenvalue weighted by Gasteiger charge is 2.39. The predicted molar refractivity (Wildman–Crippen MR) is 59.1 cm³/mol. The molecule has 2 unspecified atom stereocenters. The molecule has 0 aromatic rings. The van der Waals surface area contributed by atoms with Gasteiger partial charge in [-0.05, 0) is 27.2 Å². The van der Waals surface area contributed by atoms with Crippen LogP contribution in [0.3, 0.4) is 0 Å². The SMILES string of the molecule is CC=C(C)C.CCC1C(=O)OC(=O)C1C. The van der Waals surface area contributed by atoms with Gasteiger partial charge >= 0.3 is 11.9 Å².